The van der Waals surface area contributed by atoms with Crippen LogP contribution in [0.15, 0.2) is 24.3 Å². The van der Waals surface area contributed by atoms with Crippen LogP contribution in [0.25, 0.3) is 0 Å². The largest absolute Gasteiger partial charge is 0.381 e. The molecule has 0 saturated carbocycles. The van der Waals surface area contributed by atoms with Crippen LogP contribution in [0, 0.1) is 11.7 Å². The highest BCUT2D eigenvalue weighted by Gasteiger charge is 2.21. The molecular formula is C17H25FN2O. The summed E-state index contributed by atoms with van der Waals surface area (Å²) in [5, 5.41) is 0. The Morgan fingerprint density at radius 3 is 2.48 bits per heavy atom. The minimum absolute atomic E-state index is 0.134. The fourth-order valence-electron chi connectivity index (χ4n) is 3.32. The van der Waals surface area contributed by atoms with Gasteiger partial charge in [0.25, 0.3) is 0 Å². The summed E-state index contributed by atoms with van der Waals surface area (Å²) in [6.45, 7) is 8.38. The molecule has 2 fully saturated rings. The lowest BCUT2D eigenvalue weighted by Gasteiger charge is -2.37. The smallest absolute Gasteiger partial charge is 0.123 e. The van der Waals surface area contributed by atoms with E-state index in [1.165, 1.54) is 25.5 Å². The van der Waals surface area contributed by atoms with Gasteiger partial charge in [0.05, 0.1) is 0 Å². The lowest BCUT2D eigenvalue weighted by molar-refractivity contribution is 0.0415. The van der Waals surface area contributed by atoms with Crippen molar-refractivity contribution in [2.45, 2.75) is 19.4 Å². The van der Waals surface area contributed by atoms with Gasteiger partial charge in [-0.3, -0.25) is 4.90 Å². The van der Waals surface area contributed by atoms with Gasteiger partial charge in [-0.25, -0.2) is 4.39 Å². The molecule has 0 N–H and O–H groups in total. The zero-order valence-corrected chi connectivity index (χ0v) is 12.6. The molecule has 0 radical (unpaired) electrons. The van der Waals surface area contributed by atoms with E-state index in [-0.39, 0.29) is 5.82 Å². The molecule has 2 saturated heterocycles. The lowest BCUT2D eigenvalue weighted by atomic mass is 9.99. The molecule has 1 aromatic carbocycles. The maximum absolute atomic E-state index is 13.2. The number of halogens is 1. The second kappa shape index (κ2) is 7.34. The summed E-state index contributed by atoms with van der Waals surface area (Å²) in [6, 6.07) is 6.97. The highest BCUT2D eigenvalue weighted by molar-refractivity contribution is 5.16. The van der Waals surface area contributed by atoms with Crippen LogP contribution in [-0.4, -0.2) is 55.7 Å². The standard InChI is InChI=1S/C17H25FN2O/c18-17-3-1-2-16(12-17)14-20-8-6-19(7-9-20)13-15-4-10-21-11-5-15/h1-3,12,15H,4-11,13-14H2. The second-order valence-corrected chi connectivity index (χ2v) is 6.26. The van der Waals surface area contributed by atoms with E-state index < -0.39 is 0 Å². The monoisotopic (exact) mass is 292 g/mol. The maximum Gasteiger partial charge on any atom is 0.123 e. The molecule has 0 amide bonds. The molecule has 0 unspecified atom stereocenters. The molecule has 21 heavy (non-hydrogen) atoms. The summed E-state index contributed by atoms with van der Waals surface area (Å²) < 4.78 is 18.6. The van der Waals surface area contributed by atoms with Crippen LogP contribution in [0.5, 0.6) is 0 Å². The minimum Gasteiger partial charge on any atom is -0.381 e. The average molecular weight is 292 g/mol. The van der Waals surface area contributed by atoms with E-state index >= 15 is 0 Å². The van der Waals surface area contributed by atoms with Crippen molar-refractivity contribution in [2.24, 2.45) is 5.92 Å². The minimum atomic E-state index is -0.134. The Morgan fingerprint density at radius 2 is 1.76 bits per heavy atom. The van der Waals surface area contributed by atoms with Crippen molar-refractivity contribution in [2.75, 3.05) is 45.9 Å². The number of hydrogen-bond donors (Lipinski definition) is 0. The SMILES string of the molecule is Fc1cccc(CN2CCN(CC3CCOCC3)CC2)c1. The predicted octanol–water partition coefficient (Wildman–Crippen LogP) is 2.37. The molecule has 3 rings (SSSR count). The number of nitrogens with zero attached hydrogens (tertiary/aromatic N) is 2. The maximum atomic E-state index is 13.2. The summed E-state index contributed by atoms with van der Waals surface area (Å²) in [5.74, 6) is 0.680. The first-order valence-electron chi connectivity index (χ1n) is 8.06. The quantitative estimate of drug-likeness (QED) is 0.847. The van der Waals surface area contributed by atoms with Gasteiger partial charge in [0.1, 0.15) is 5.82 Å². The van der Waals surface area contributed by atoms with Gasteiger partial charge in [0, 0.05) is 52.5 Å². The molecule has 0 aliphatic carbocycles. The third-order valence-electron chi connectivity index (χ3n) is 4.62. The molecule has 3 nitrogen and oxygen atoms in total. The topological polar surface area (TPSA) is 15.7 Å². The van der Waals surface area contributed by atoms with Crippen LogP contribution in [0.4, 0.5) is 4.39 Å². The highest BCUT2D eigenvalue weighted by atomic mass is 19.1. The van der Waals surface area contributed by atoms with E-state index in [1.807, 2.05) is 6.07 Å². The van der Waals surface area contributed by atoms with E-state index in [2.05, 4.69) is 9.80 Å². The van der Waals surface area contributed by atoms with Gasteiger partial charge in [-0.05, 0) is 36.5 Å². The summed E-state index contributed by atoms with van der Waals surface area (Å²) in [7, 11) is 0. The van der Waals surface area contributed by atoms with E-state index in [0.29, 0.717) is 0 Å². The number of piperazine rings is 1. The third kappa shape index (κ3) is 4.50. The van der Waals surface area contributed by atoms with Crippen LogP contribution in [0.1, 0.15) is 18.4 Å². The van der Waals surface area contributed by atoms with Gasteiger partial charge >= 0.3 is 0 Å². The van der Waals surface area contributed by atoms with E-state index in [9.17, 15) is 4.39 Å². The van der Waals surface area contributed by atoms with Crippen molar-refractivity contribution in [1.82, 2.24) is 9.80 Å². The molecule has 0 bridgehead atoms. The Kier molecular flexibility index (Phi) is 5.22. The first-order chi connectivity index (χ1) is 10.3. The molecule has 0 atom stereocenters. The zero-order valence-electron chi connectivity index (χ0n) is 12.6. The molecule has 4 heteroatoms. The first-order valence-corrected chi connectivity index (χ1v) is 8.06. The van der Waals surface area contributed by atoms with Crippen LogP contribution in [0.2, 0.25) is 0 Å². The Balaban J connectivity index is 1.42. The molecule has 2 heterocycles. The Hall–Kier alpha value is -0.970. The van der Waals surface area contributed by atoms with Crippen molar-refractivity contribution < 1.29 is 9.13 Å². The summed E-state index contributed by atoms with van der Waals surface area (Å²) in [5.41, 5.74) is 1.08. The summed E-state index contributed by atoms with van der Waals surface area (Å²) in [6.07, 6.45) is 2.42. The fraction of sp³-hybridized carbons (Fsp3) is 0.647. The Bertz CT molecular complexity index is 440. The molecule has 0 spiro atoms. The molecular weight excluding hydrogens is 267 g/mol. The van der Waals surface area contributed by atoms with Crippen LogP contribution in [0.3, 0.4) is 0 Å². The van der Waals surface area contributed by atoms with Crippen LogP contribution in [-0.2, 0) is 11.3 Å². The third-order valence-corrected chi connectivity index (χ3v) is 4.62. The normalized spacial score (nSPS) is 22.5. The number of ether oxygens (including phenoxy) is 1. The average Bonchev–Trinajstić information content (AvgIpc) is 2.50. The molecule has 0 aromatic heterocycles. The Labute approximate surface area is 126 Å². The summed E-state index contributed by atoms with van der Waals surface area (Å²) in [4.78, 5) is 5.01. The van der Waals surface area contributed by atoms with Crippen LogP contribution < -0.4 is 0 Å². The lowest BCUT2D eigenvalue weighted by Crippen LogP contribution is -2.47. The van der Waals surface area contributed by atoms with Gasteiger partial charge in [0.15, 0.2) is 0 Å². The first kappa shape index (κ1) is 14.9. The predicted molar refractivity (Wildman–Crippen MR) is 81.7 cm³/mol. The van der Waals surface area contributed by atoms with Crippen molar-refractivity contribution in [3.63, 3.8) is 0 Å². The van der Waals surface area contributed by atoms with Gasteiger partial charge in [-0.15, -0.1) is 0 Å². The second-order valence-electron chi connectivity index (χ2n) is 6.26. The van der Waals surface area contributed by atoms with E-state index in [1.54, 1.807) is 12.1 Å². The molecule has 2 aliphatic rings. The van der Waals surface area contributed by atoms with Crippen LogP contribution >= 0.6 is 0 Å². The van der Waals surface area contributed by atoms with Gasteiger partial charge in [0.2, 0.25) is 0 Å². The molecule has 2 aliphatic heterocycles. The molecule has 116 valence electrons. The molecule has 1 aromatic rings. The van der Waals surface area contributed by atoms with Gasteiger partial charge < -0.3 is 9.64 Å². The fourth-order valence-corrected chi connectivity index (χ4v) is 3.32. The zero-order chi connectivity index (χ0) is 14.5. The van der Waals surface area contributed by atoms with Crippen molar-refractivity contribution in [1.29, 1.82) is 0 Å². The van der Waals surface area contributed by atoms with Crippen molar-refractivity contribution in [3.05, 3.63) is 35.6 Å². The Morgan fingerprint density at radius 1 is 1.05 bits per heavy atom. The van der Waals surface area contributed by atoms with E-state index in [0.717, 1.165) is 57.4 Å². The van der Waals surface area contributed by atoms with Crippen molar-refractivity contribution in [3.8, 4) is 0 Å². The number of benzene rings is 1. The van der Waals surface area contributed by atoms with Gasteiger partial charge in [-0.2, -0.15) is 0 Å². The summed E-state index contributed by atoms with van der Waals surface area (Å²) >= 11 is 0. The van der Waals surface area contributed by atoms with Gasteiger partial charge in [-0.1, -0.05) is 12.1 Å². The number of hydrogen-bond acceptors (Lipinski definition) is 3. The number of rotatable bonds is 4. The van der Waals surface area contributed by atoms with Crippen molar-refractivity contribution >= 4 is 0 Å². The van der Waals surface area contributed by atoms with E-state index in [4.69, 9.17) is 4.74 Å². The highest BCUT2D eigenvalue weighted by Crippen LogP contribution is 2.17.